The van der Waals surface area contributed by atoms with Gasteiger partial charge in [0, 0.05) is 40.9 Å². The van der Waals surface area contributed by atoms with Crippen LogP contribution in [0.15, 0.2) is 83.3 Å². The number of benzene rings is 3. The SMILES string of the molecule is CC(C)(C)NC(=O)[C@@H](Cc1ccccc1)N(Cc1cccc(Br)c1)C(=O)CSCc1ccc([N+](=O)[O-])cc1. The van der Waals surface area contributed by atoms with E-state index >= 15 is 0 Å². The average molecular weight is 599 g/mol. The van der Waals surface area contributed by atoms with Crippen LogP contribution in [-0.4, -0.2) is 39.0 Å². The number of non-ortho nitro benzene ring substituents is 1. The summed E-state index contributed by atoms with van der Waals surface area (Å²) in [5, 5.41) is 14.0. The largest absolute Gasteiger partial charge is 0.350 e. The summed E-state index contributed by atoms with van der Waals surface area (Å²) < 4.78 is 0.897. The van der Waals surface area contributed by atoms with Crippen LogP contribution in [-0.2, 0) is 28.3 Å². The standard InChI is InChI=1S/C29H32BrN3O4S/c1-29(2,3)31-28(35)26(17-21-8-5-4-6-9-21)32(18-23-10-7-11-24(30)16-23)27(34)20-38-19-22-12-14-25(15-13-22)33(36)37/h4-16,26H,17-20H2,1-3H3,(H,31,35)/t26-/m1/s1. The lowest BCUT2D eigenvalue weighted by atomic mass is 10.0. The van der Waals surface area contributed by atoms with Gasteiger partial charge in [0.1, 0.15) is 6.04 Å². The number of carbonyl (C=O) groups excluding carboxylic acids is 2. The number of hydrogen-bond acceptors (Lipinski definition) is 5. The van der Waals surface area contributed by atoms with Crippen molar-refractivity contribution < 1.29 is 14.5 Å². The maximum atomic E-state index is 13.7. The molecular formula is C29H32BrN3O4S. The van der Waals surface area contributed by atoms with E-state index in [2.05, 4.69) is 21.2 Å². The van der Waals surface area contributed by atoms with E-state index in [1.807, 2.05) is 75.4 Å². The number of rotatable bonds is 11. The first-order valence-electron chi connectivity index (χ1n) is 12.2. The smallest absolute Gasteiger partial charge is 0.269 e. The van der Waals surface area contributed by atoms with Gasteiger partial charge in [0.2, 0.25) is 11.8 Å². The van der Waals surface area contributed by atoms with Crippen LogP contribution in [0.25, 0.3) is 0 Å². The molecule has 9 heteroatoms. The number of amides is 2. The van der Waals surface area contributed by atoms with Gasteiger partial charge in [-0.05, 0) is 49.6 Å². The molecule has 0 fully saturated rings. The van der Waals surface area contributed by atoms with Crippen molar-refractivity contribution in [3.8, 4) is 0 Å². The molecule has 0 saturated heterocycles. The number of hydrogen-bond donors (Lipinski definition) is 1. The Kier molecular flexibility index (Phi) is 10.5. The molecule has 1 N–H and O–H groups in total. The fraction of sp³-hybridized carbons (Fsp3) is 0.310. The fourth-order valence-electron chi connectivity index (χ4n) is 3.89. The first-order chi connectivity index (χ1) is 18.0. The minimum absolute atomic E-state index is 0.0311. The van der Waals surface area contributed by atoms with Crippen LogP contribution < -0.4 is 5.32 Å². The summed E-state index contributed by atoms with van der Waals surface area (Å²) in [4.78, 5) is 39.4. The zero-order valence-electron chi connectivity index (χ0n) is 21.7. The molecule has 200 valence electrons. The third-order valence-corrected chi connectivity index (χ3v) is 7.13. The third kappa shape index (κ3) is 9.29. The lowest BCUT2D eigenvalue weighted by Crippen LogP contribution is -2.54. The second-order valence-electron chi connectivity index (χ2n) is 10.0. The molecule has 0 radical (unpaired) electrons. The normalized spacial score (nSPS) is 12.0. The van der Waals surface area contributed by atoms with Gasteiger partial charge in [-0.1, -0.05) is 70.5 Å². The minimum atomic E-state index is -0.705. The highest BCUT2D eigenvalue weighted by Gasteiger charge is 2.32. The van der Waals surface area contributed by atoms with Gasteiger partial charge in [-0.3, -0.25) is 19.7 Å². The van der Waals surface area contributed by atoms with E-state index in [4.69, 9.17) is 0 Å². The van der Waals surface area contributed by atoms with E-state index in [9.17, 15) is 19.7 Å². The molecule has 3 rings (SSSR count). The predicted molar refractivity (Wildman–Crippen MR) is 156 cm³/mol. The van der Waals surface area contributed by atoms with Crippen molar-refractivity contribution in [2.45, 2.75) is 51.1 Å². The second-order valence-corrected chi connectivity index (χ2v) is 11.9. The van der Waals surface area contributed by atoms with Crippen molar-refractivity contribution in [3.63, 3.8) is 0 Å². The topological polar surface area (TPSA) is 92.6 Å². The predicted octanol–water partition coefficient (Wildman–Crippen LogP) is 6.15. The van der Waals surface area contributed by atoms with Crippen LogP contribution in [0.3, 0.4) is 0 Å². The molecule has 38 heavy (non-hydrogen) atoms. The molecule has 0 unspecified atom stereocenters. The first-order valence-corrected chi connectivity index (χ1v) is 14.2. The average Bonchev–Trinajstić information content (AvgIpc) is 2.86. The Bertz CT molecular complexity index is 1250. The highest BCUT2D eigenvalue weighted by atomic mass is 79.9. The van der Waals surface area contributed by atoms with Gasteiger partial charge in [-0.2, -0.15) is 0 Å². The lowest BCUT2D eigenvalue weighted by molar-refractivity contribution is -0.384. The van der Waals surface area contributed by atoms with Crippen LogP contribution in [0.1, 0.15) is 37.5 Å². The number of nitrogens with one attached hydrogen (secondary N) is 1. The van der Waals surface area contributed by atoms with E-state index in [-0.39, 0.29) is 29.8 Å². The van der Waals surface area contributed by atoms with Crippen molar-refractivity contribution in [2.24, 2.45) is 0 Å². The molecule has 0 aliphatic rings. The summed E-state index contributed by atoms with van der Waals surface area (Å²) in [6.07, 6.45) is 0.384. The Hall–Kier alpha value is -3.17. The second kappa shape index (κ2) is 13.6. The number of halogens is 1. The Balaban J connectivity index is 1.84. The molecular weight excluding hydrogens is 566 g/mol. The Labute approximate surface area is 236 Å². The quantitative estimate of drug-likeness (QED) is 0.211. The number of carbonyl (C=O) groups is 2. The minimum Gasteiger partial charge on any atom is -0.350 e. The molecule has 0 spiro atoms. The molecule has 0 aliphatic heterocycles. The van der Waals surface area contributed by atoms with Crippen LogP contribution in [0, 0.1) is 10.1 Å². The summed E-state index contributed by atoms with van der Waals surface area (Å²) in [6.45, 7) is 6.05. The fourth-order valence-corrected chi connectivity index (χ4v) is 5.21. The molecule has 2 amide bonds. The summed E-state index contributed by atoms with van der Waals surface area (Å²) in [7, 11) is 0. The van der Waals surface area contributed by atoms with Crippen LogP contribution >= 0.6 is 27.7 Å². The van der Waals surface area contributed by atoms with Crippen LogP contribution in [0.2, 0.25) is 0 Å². The summed E-state index contributed by atoms with van der Waals surface area (Å²) >= 11 is 4.92. The Morgan fingerprint density at radius 1 is 0.974 bits per heavy atom. The number of nitrogens with zero attached hydrogens (tertiary/aromatic N) is 2. The van der Waals surface area contributed by atoms with Gasteiger partial charge in [-0.25, -0.2) is 0 Å². The molecule has 0 aliphatic carbocycles. The van der Waals surface area contributed by atoms with Crippen molar-refractivity contribution in [1.82, 2.24) is 10.2 Å². The van der Waals surface area contributed by atoms with Crippen molar-refractivity contribution in [2.75, 3.05) is 5.75 Å². The first kappa shape index (κ1) is 29.4. The molecule has 0 saturated carbocycles. The van der Waals surface area contributed by atoms with Gasteiger partial charge in [0.05, 0.1) is 10.7 Å². The van der Waals surface area contributed by atoms with Gasteiger partial charge < -0.3 is 10.2 Å². The maximum Gasteiger partial charge on any atom is 0.269 e. The maximum absolute atomic E-state index is 13.7. The van der Waals surface area contributed by atoms with Gasteiger partial charge in [0.15, 0.2) is 0 Å². The summed E-state index contributed by atoms with van der Waals surface area (Å²) in [5.41, 5.74) is 2.34. The van der Waals surface area contributed by atoms with Crippen LogP contribution in [0.5, 0.6) is 0 Å². The van der Waals surface area contributed by atoms with Crippen molar-refractivity contribution >= 4 is 45.2 Å². The molecule has 1 atom stereocenters. The van der Waals surface area contributed by atoms with Crippen LogP contribution in [0.4, 0.5) is 5.69 Å². The molecule has 3 aromatic rings. The monoisotopic (exact) mass is 597 g/mol. The zero-order valence-corrected chi connectivity index (χ0v) is 24.1. The third-order valence-electron chi connectivity index (χ3n) is 5.65. The number of nitro benzene ring substituents is 1. The summed E-state index contributed by atoms with van der Waals surface area (Å²) in [6, 6.07) is 23.0. The van der Waals surface area contributed by atoms with E-state index in [1.165, 1.54) is 23.9 Å². The van der Waals surface area contributed by atoms with E-state index < -0.39 is 16.5 Å². The Morgan fingerprint density at radius 3 is 2.24 bits per heavy atom. The van der Waals surface area contributed by atoms with E-state index in [0.717, 1.165) is 21.2 Å². The van der Waals surface area contributed by atoms with E-state index in [0.29, 0.717) is 12.2 Å². The van der Waals surface area contributed by atoms with Gasteiger partial charge >= 0.3 is 0 Å². The number of thioether (sulfide) groups is 1. The molecule has 0 aromatic heterocycles. The Morgan fingerprint density at radius 2 is 1.63 bits per heavy atom. The molecule has 0 heterocycles. The van der Waals surface area contributed by atoms with Gasteiger partial charge in [0.25, 0.3) is 5.69 Å². The molecule has 0 bridgehead atoms. The highest BCUT2D eigenvalue weighted by molar-refractivity contribution is 9.10. The zero-order chi connectivity index (χ0) is 27.7. The molecule has 3 aromatic carbocycles. The van der Waals surface area contributed by atoms with Gasteiger partial charge in [-0.15, -0.1) is 11.8 Å². The van der Waals surface area contributed by atoms with Crippen molar-refractivity contribution in [1.29, 1.82) is 0 Å². The van der Waals surface area contributed by atoms with Crippen molar-refractivity contribution in [3.05, 3.63) is 110 Å². The number of nitro groups is 1. The highest BCUT2D eigenvalue weighted by Crippen LogP contribution is 2.21. The molecule has 7 nitrogen and oxygen atoms in total. The lowest BCUT2D eigenvalue weighted by Gasteiger charge is -2.34. The van der Waals surface area contributed by atoms with E-state index in [1.54, 1.807) is 17.0 Å². The summed E-state index contributed by atoms with van der Waals surface area (Å²) in [5.74, 6) is 0.331.